The van der Waals surface area contributed by atoms with Gasteiger partial charge in [-0.25, -0.2) is 0 Å². The monoisotopic (exact) mass is 221 g/mol. The fourth-order valence-corrected chi connectivity index (χ4v) is 2.00. The van der Waals surface area contributed by atoms with Gasteiger partial charge in [-0.2, -0.15) is 0 Å². The minimum absolute atomic E-state index is 0.0809. The summed E-state index contributed by atoms with van der Waals surface area (Å²) in [5, 5.41) is 12.4. The van der Waals surface area contributed by atoms with E-state index >= 15 is 0 Å². The molecule has 1 aromatic rings. The summed E-state index contributed by atoms with van der Waals surface area (Å²) in [7, 11) is 0. The van der Waals surface area contributed by atoms with Crippen LogP contribution in [0.3, 0.4) is 0 Å². The van der Waals surface area contributed by atoms with E-state index in [9.17, 15) is 0 Å². The van der Waals surface area contributed by atoms with Crippen LogP contribution in [0.5, 0.6) is 5.75 Å². The molecule has 0 aliphatic carbocycles. The first kappa shape index (κ1) is 11.3. The maximum absolute atomic E-state index is 8.97. The van der Waals surface area contributed by atoms with Gasteiger partial charge < -0.3 is 15.2 Å². The zero-order valence-electron chi connectivity index (χ0n) is 9.92. The van der Waals surface area contributed by atoms with Crippen molar-refractivity contribution in [2.75, 3.05) is 18.5 Å². The summed E-state index contributed by atoms with van der Waals surface area (Å²) in [5.41, 5.74) is 2.29. The van der Waals surface area contributed by atoms with E-state index in [2.05, 4.69) is 25.2 Å². The van der Waals surface area contributed by atoms with Crippen molar-refractivity contribution in [3.05, 3.63) is 23.8 Å². The third-order valence-corrected chi connectivity index (χ3v) is 2.91. The predicted molar refractivity (Wildman–Crippen MR) is 65.0 cm³/mol. The minimum Gasteiger partial charge on any atom is -0.493 e. The lowest BCUT2D eigenvalue weighted by Gasteiger charge is -2.27. The fraction of sp³-hybridized carbons (Fsp3) is 0.538. The Bertz CT molecular complexity index is 374. The summed E-state index contributed by atoms with van der Waals surface area (Å²) in [5.74, 6) is 1.01. The second-order valence-electron chi connectivity index (χ2n) is 4.90. The molecule has 1 aliphatic heterocycles. The number of aliphatic hydroxyl groups is 1. The van der Waals surface area contributed by atoms with Gasteiger partial charge in [0.25, 0.3) is 0 Å². The van der Waals surface area contributed by atoms with Gasteiger partial charge in [0.05, 0.1) is 6.61 Å². The van der Waals surface area contributed by atoms with E-state index in [1.807, 2.05) is 12.1 Å². The molecule has 0 spiro atoms. The van der Waals surface area contributed by atoms with Crippen molar-refractivity contribution in [3.8, 4) is 5.75 Å². The van der Waals surface area contributed by atoms with E-state index in [1.165, 1.54) is 5.56 Å². The van der Waals surface area contributed by atoms with Crippen molar-refractivity contribution in [2.45, 2.75) is 32.2 Å². The van der Waals surface area contributed by atoms with Crippen LogP contribution >= 0.6 is 0 Å². The first-order chi connectivity index (χ1) is 7.61. The standard InChI is InChI=1S/C13H19NO2/c1-13(2,6-7-15)14-11-3-4-12-10(9-11)5-8-16-12/h3-4,9,14-15H,5-8H2,1-2H3. The zero-order valence-corrected chi connectivity index (χ0v) is 9.92. The molecule has 3 heteroatoms. The summed E-state index contributed by atoms with van der Waals surface area (Å²) in [4.78, 5) is 0. The van der Waals surface area contributed by atoms with Crippen molar-refractivity contribution >= 4 is 5.69 Å². The average Bonchev–Trinajstić information content (AvgIpc) is 2.63. The van der Waals surface area contributed by atoms with E-state index in [1.54, 1.807) is 0 Å². The number of aliphatic hydroxyl groups excluding tert-OH is 1. The van der Waals surface area contributed by atoms with Crippen LogP contribution in [-0.2, 0) is 6.42 Å². The van der Waals surface area contributed by atoms with E-state index in [4.69, 9.17) is 9.84 Å². The van der Waals surface area contributed by atoms with Crippen LogP contribution < -0.4 is 10.1 Å². The molecule has 16 heavy (non-hydrogen) atoms. The van der Waals surface area contributed by atoms with Crippen molar-refractivity contribution in [1.29, 1.82) is 0 Å². The molecule has 0 fully saturated rings. The van der Waals surface area contributed by atoms with Gasteiger partial charge >= 0.3 is 0 Å². The number of ether oxygens (including phenoxy) is 1. The summed E-state index contributed by atoms with van der Waals surface area (Å²) in [6.45, 7) is 5.17. The van der Waals surface area contributed by atoms with Crippen molar-refractivity contribution in [3.63, 3.8) is 0 Å². The van der Waals surface area contributed by atoms with Crippen LogP contribution in [-0.4, -0.2) is 23.9 Å². The Kier molecular flexibility index (Phi) is 3.06. The van der Waals surface area contributed by atoms with Crippen LogP contribution in [0.2, 0.25) is 0 Å². The van der Waals surface area contributed by atoms with Crippen LogP contribution in [0.25, 0.3) is 0 Å². The molecule has 0 amide bonds. The number of nitrogens with one attached hydrogen (secondary N) is 1. The molecule has 0 aromatic heterocycles. The number of hydrogen-bond acceptors (Lipinski definition) is 3. The van der Waals surface area contributed by atoms with Crippen LogP contribution in [0.15, 0.2) is 18.2 Å². The Labute approximate surface area is 96.4 Å². The Hall–Kier alpha value is -1.22. The first-order valence-corrected chi connectivity index (χ1v) is 5.75. The molecule has 0 atom stereocenters. The van der Waals surface area contributed by atoms with Gasteiger partial charge in [-0.1, -0.05) is 0 Å². The van der Waals surface area contributed by atoms with Gasteiger partial charge in [-0.05, 0) is 44.0 Å². The Morgan fingerprint density at radius 1 is 1.44 bits per heavy atom. The van der Waals surface area contributed by atoms with E-state index in [0.717, 1.165) is 30.9 Å². The molecule has 2 N–H and O–H groups in total. The highest BCUT2D eigenvalue weighted by atomic mass is 16.5. The lowest BCUT2D eigenvalue weighted by atomic mass is 10.0. The van der Waals surface area contributed by atoms with Crippen LogP contribution in [0, 0.1) is 0 Å². The lowest BCUT2D eigenvalue weighted by Crippen LogP contribution is -2.31. The van der Waals surface area contributed by atoms with Crippen molar-refractivity contribution < 1.29 is 9.84 Å². The second-order valence-corrected chi connectivity index (χ2v) is 4.90. The van der Waals surface area contributed by atoms with Crippen molar-refractivity contribution in [1.82, 2.24) is 0 Å². The molecule has 0 saturated carbocycles. The van der Waals surface area contributed by atoms with Gasteiger partial charge in [-0.15, -0.1) is 0 Å². The summed E-state index contributed by atoms with van der Waals surface area (Å²) in [6, 6.07) is 6.18. The normalized spacial score (nSPS) is 14.4. The maximum atomic E-state index is 8.97. The Morgan fingerprint density at radius 3 is 3.00 bits per heavy atom. The van der Waals surface area contributed by atoms with Gasteiger partial charge in [0.1, 0.15) is 5.75 Å². The number of fused-ring (bicyclic) bond motifs is 1. The molecule has 3 nitrogen and oxygen atoms in total. The SMILES string of the molecule is CC(C)(CCO)Nc1ccc2c(c1)CCO2. The molecule has 1 aromatic carbocycles. The van der Waals surface area contributed by atoms with E-state index in [0.29, 0.717) is 0 Å². The second kappa shape index (κ2) is 4.34. The average molecular weight is 221 g/mol. The summed E-state index contributed by atoms with van der Waals surface area (Å²) in [6.07, 6.45) is 1.73. The quantitative estimate of drug-likeness (QED) is 0.819. The van der Waals surface area contributed by atoms with Gasteiger partial charge in [-0.3, -0.25) is 0 Å². The van der Waals surface area contributed by atoms with Crippen LogP contribution in [0.1, 0.15) is 25.8 Å². The van der Waals surface area contributed by atoms with Crippen molar-refractivity contribution in [2.24, 2.45) is 0 Å². The smallest absolute Gasteiger partial charge is 0.122 e. The highest BCUT2D eigenvalue weighted by Gasteiger charge is 2.18. The lowest BCUT2D eigenvalue weighted by molar-refractivity contribution is 0.261. The molecular weight excluding hydrogens is 202 g/mol. The summed E-state index contributed by atoms with van der Waals surface area (Å²) < 4.78 is 5.46. The molecule has 0 radical (unpaired) electrons. The molecule has 1 heterocycles. The molecular formula is C13H19NO2. The molecule has 1 aliphatic rings. The van der Waals surface area contributed by atoms with Gasteiger partial charge in [0.2, 0.25) is 0 Å². The predicted octanol–water partition coefficient (Wildman–Crippen LogP) is 2.19. The van der Waals surface area contributed by atoms with Gasteiger partial charge in [0.15, 0.2) is 0 Å². The third kappa shape index (κ3) is 2.47. The highest BCUT2D eigenvalue weighted by Crippen LogP contribution is 2.29. The number of rotatable bonds is 4. The minimum atomic E-state index is -0.0809. The molecule has 0 bridgehead atoms. The number of hydrogen-bond donors (Lipinski definition) is 2. The number of anilines is 1. The molecule has 0 unspecified atom stereocenters. The van der Waals surface area contributed by atoms with Crippen LogP contribution in [0.4, 0.5) is 5.69 Å². The molecule has 88 valence electrons. The molecule has 0 saturated heterocycles. The number of benzene rings is 1. The third-order valence-electron chi connectivity index (χ3n) is 2.91. The largest absolute Gasteiger partial charge is 0.493 e. The molecule has 2 rings (SSSR count). The van der Waals surface area contributed by atoms with E-state index < -0.39 is 0 Å². The van der Waals surface area contributed by atoms with E-state index in [-0.39, 0.29) is 12.1 Å². The Balaban J connectivity index is 2.10. The summed E-state index contributed by atoms with van der Waals surface area (Å²) >= 11 is 0. The Morgan fingerprint density at radius 2 is 2.25 bits per heavy atom. The topological polar surface area (TPSA) is 41.5 Å². The zero-order chi connectivity index (χ0) is 11.6. The first-order valence-electron chi connectivity index (χ1n) is 5.75. The fourth-order valence-electron chi connectivity index (χ4n) is 2.00. The maximum Gasteiger partial charge on any atom is 0.122 e. The highest BCUT2D eigenvalue weighted by molar-refractivity contribution is 5.53. The van der Waals surface area contributed by atoms with Gasteiger partial charge in [0, 0.05) is 24.3 Å².